The van der Waals surface area contributed by atoms with Crippen molar-refractivity contribution in [2.75, 3.05) is 17.3 Å². The second-order valence-corrected chi connectivity index (χ2v) is 6.24. The summed E-state index contributed by atoms with van der Waals surface area (Å²) < 4.78 is 18.7. The van der Waals surface area contributed by atoms with Crippen LogP contribution in [0, 0.1) is 5.82 Å². The number of benzene rings is 2. The molecule has 1 atom stereocenters. The average Bonchev–Trinajstić information content (AvgIpc) is 2.55. The van der Waals surface area contributed by atoms with Crippen molar-refractivity contribution in [2.45, 2.75) is 25.8 Å². The number of amides is 2. The highest BCUT2D eigenvalue weighted by Gasteiger charge is 2.29. The summed E-state index contributed by atoms with van der Waals surface area (Å²) in [6.45, 7) is 1.97. The molecule has 1 aliphatic heterocycles. The lowest BCUT2D eigenvalue weighted by Gasteiger charge is -2.35. The number of fused-ring (bicyclic) bond motifs is 1. The molecule has 0 saturated carbocycles. The number of hydrogen-bond acceptors (Lipinski definition) is 2. The van der Waals surface area contributed by atoms with Crippen LogP contribution in [0.25, 0.3) is 0 Å². The second-order valence-electron chi connectivity index (χ2n) is 5.81. The normalized spacial score (nSPS) is 16.5. The zero-order valence-corrected chi connectivity index (χ0v) is 14.2. The van der Waals surface area contributed by atoms with Gasteiger partial charge in [-0.25, -0.2) is 9.18 Å². The maximum atomic E-state index is 13.5. The van der Waals surface area contributed by atoms with Crippen molar-refractivity contribution in [1.29, 1.82) is 0 Å². The lowest BCUT2D eigenvalue weighted by Crippen LogP contribution is -2.44. The Labute approximate surface area is 145 Å². The van der Waals surface area contributed by atoms with Crippen LogP contribution in [0.15, 0.2) is 36.4 Å². The van der Waals surface area contributed by atoms with Crippen LogP contribution in [0.2, 0.25) is 5.02 Å². The van der Waals surface area contributed by atoms with Gasteiger partial charge in [0.1, 0.15) is 11.6 Å². The highest BCUT2D eigenvalue weighted by atomic mass is 35.5. The Kier molecular flexibility index (Phi) is 4.62. The minimum absolute atomic E-state index is 0.00754. The third kappa shape index (κ3) is 3.17. The van der Waals surface area contributed by atoms with Crippen LogP contribution in [-0.2, 0) is 6.42 Å². The molecule has 1 heterocycles. The number of ether oxygens (including phenoxy) is 1. The molecular weight excluding hydrogens is 331 g/mol. The molecular formula is C18H18ClFN2O2. The summed E-state index contributed by atoms with van der Waals surface area (Å²) in [5.74, 6) is 0.233. The van der Waals surface area contributed by atoms with Gasteiger partial charge in [0.2, 0.25) is 0 Å². The Balaban J connectivity index is 1.92. The van der Waals surface area contributed by atoms with E-state index in [1.165, 1.54) is 19.2 Å². The quantitative estimate of drug-likeness (QED) is 0.842. The molecule has 0 spiro atoms. The van der Waals surface area contributed by atoms with Crippen molar-refractivity contribution in [1.82, 2.24) is 0 Å². The number of nitrogens with one attached hydrogen (secondary N) is 1. The van der Waals surface area contributed by atoms with E-state index in [1.54, 1.807) is 29.2 Å². The molecule has 4 nitrogen and oxygen atoms in total. The number of aryl methyl sites for hydroxylation is 1. The first kappa shape index (κ1) is 16.6. The fraction of sp³-hybridized carbons (Fsp3) is 0.278. The van der Waals surface area contributed by atoms with E-state index in [2.05, 4.69) is 5.32 Å². The Morgan fingerprint density at radius 1 is 1.33 bits per heavy atom. The number of anilines is 2. The number of halogens is 2. The first-order valence-electron chi connectivity index (χ1n) is 7.72. The van der Waals surface area contributed by atoms with Gasteiger partial charge >= 0.3 is 6.03 Å². The predicted molar refractivity (Wildman–Crippen MR) is 93.7 cm³/mol. The molecule has 0 saturated heterocycles. The van der Waals surface area contributed by atoms with Gasteiger partial charge in [0.15, 0.2) is 0 Å². The van der Waals surface area contributed by atoms with Crippen molar-refractivity contribution >= 4 is 29.0 Å². The van der Waals surface area contributed by atoms with E-state index in [0.717, 1.165) is 24.1 Å². The van der Waals surface area contributed by atoms with Crippen molar-refractivity contribution < 1.29 is 13.9 Å². The van der Waals surface area contributed by atoms with Gasteiger partial charge < -0.3 is 10.1 Å². The largest absolute Gasteiger partial charge is 0.495 e. The maximum Gasteiger partial charge on any atom is 0.326 e. The molecule has 126 valence electrons. The number of hydrogen-bond donors (Lipinski definition) is 1. The molecule has 0 unspecified atom stereocenters. The van der Waals surface area contributed by atoms with Crippen LogP contribution in [0.1, 0.15) is 18.9 Å². The number of rotatable bonds is 2. The van der Waals surface area contributed by atoms with Gasteiger partial charge in [-0.1, -0.05) is 11.6 Å². The van der Waals surface area contributed by atoms with Gasteiger partial charge in [0.05, 0.1) is 12.8 Å². The molecule has 3 rings (SSSR count). The molecule has 0 bridgehead atoms. The molecule has 2 aromatic rings. The zero-order chi connectivity index (χ0) is 17.3. The Hall–Kier alpha value is -2.27. The van der Waals surface area contributed by atoms with Crippen molar-refractivity contribution in [2.24, 2.45) is 0 Å². The van der Waals surface area contributed by atoms with Crippen LogP contribution in [0.4, 0.5) is 20.6 Å². The monoisotopic (exact) mass is 348 g/mol. The number of nitrogens with zero attached hydrogens (tertiary/aromatic N) is 1. The van der Waals surface area contributed by atoms with Crippen LogP contribution >= 0.6 is 11.6 Å². The van der Waals surface area contributed by atoms with Crippen molar-refractivity contribution in [3.05, 3.63) is 52.8 Å². The standard InChI is InChI=1S/C18H18ClFN2O2/c1-11-3-4-12-9-14(20)6-7-16(12)22(11)18(23)21-15-10-13(19)5-8-17(15)24-2/h5-11H,3-4H2,1-2H3,(H,21,23)/t11-/m1/s1. The van der Waals surface area contributed by atoms with Gasteiger partial charge in [-0.05, 0) is 61.7 Å². The fourth-order valence-corrected chi connectivity index (χ4v) is 3.16. The molecule has 6 heteroatoms. The first-order chi connectivity index (χ1) is 11.5. The average molecular weight is 349 g/mol. The predicted octanol–water partition coefficient (Wildman–Crippen LogP) is 4.86. The highest BCUT2D eigenvalue weighted by Crippen LogP contribution is 2.33. The van der Waals surface area contributed by atoms with Crippen molar-refractivity contribution in [3.8, 4) is 5.75 Å². The van der Waals surface area contributed by atoms with Gasteiger partial charge in [-0.3, -0.25) is 4.90 Å². The van der Waals surface area contributed by atoms with Crippen molar-refractivity contribution in [3.63, 3.8) is 0 Å². The fourth-order valence-electron chi connectivity index (χ4n) is 2.98. The summed E-state index contributed by atoms with van der Waals surface area (Å²) >= 11 is 6.01. The SMILES string of the molecule is COc1ccc(Cl)cc1NC(=O)N1c2ccc(F)cc2CC[C@H]1C. The summed E-state index contributed by atoms with van der Waals surface area (Å²) in [6, 6.07) is 9.24. The van der Waals surface area contributed by atoms with E-state index in [1.807, 2.05) is 6.92 Å². The lowest BCUT2D eigenvalue weighted by atomic mass is 9.97. The van der Waals surface area contributed by atoms with E-state index < -0.39 is 0 Å². The molecule has 2 aromatic carbocycles. The van der Waals surface area contributed by atoms with Gasteiger partial charge in [-0.15, -0.1) is 0 Å². The Bertz CT molecular complexity index is 782. The minimum Gasteiger partial charge on any atom is -0.495 e. The van der Waals surface area contributed by atoms with E-state index in [9.17, 15) is 9.18 Å². The molecule has 24 heavy (non-hydrogen) atoms. The number of carbonyl (C=O) groups is 1. The van der Waals surface area contributed by atoms with E-state index in [0.29, 0.717) is 16.5 Å². The van der Waals surface area contributed by atoms with E-state index >= 15 is 0 Å². The number of methoxy groups -OCH3 is 1. The Morgan fingerprint density at radius 2 is 2.12 bits per heavy atom. The minimum atomic E-state index is -0.296. The number of carbonyl (C=O) groups excluding carboxylic acids is 1. The highest BCUT2D eigenvalue weighted by molar-refractivity contribution is 6.31. The van der Waals surface area contributed by atoms with E-state index in [-0.39, 0.29) is 17.9 Å². The first-order valence-corrected chi connectivity index (χ1v) is 8.09. The lowest BCUT2D eigenvalue weighted by molar-refractivity contribution is 0.254. The topological polar surface area (TPSA) is 41.6 Å². The molecule has 0 aromatic heterocycles. The van der Waals surface area contributed by atoms with E-state index in [4.69, 9.17) is 16.3 Å². The van der Waals surface area contributed by atoms with Crippen LogP contribution in [0.5, 0.6) is 5.75 Å². The third-order valence-corrected chi connectivity index (χ3v) is 4.43. The zero-order valence-electron chi connectivity index (χ0n) is 13.5. The molecule has 1 N–H and O–H groups in total. The summed E-state index contributed by atoms with van der Waals surface area (Å²) in [7, 11) is 1.53. The van der Waals surface area contributed by atoms with Crippen LogP contribution in [-0.4, -0.2) is 19.2 Å². The third-order valence-electron chi connectivity index (χ3n) is 4.20. The Morgan fingerprint density at radius 3 is 2.88 bits per heavy atom. The summed E-state index contributed by atoms with van der Waals surface area (Å²) in [5, 5.41) is 3.34. The van der Waals surface area contributed by atoms with Gasteiger partial charge in [0, 0.05) is 16.8 Å². The van der Waals surface area contributed by atoms with Gasteiger partial charge in [-0.2, -0.15) is 0 Å². The van der Waals surface area contributed by atoms with Crippen LogP contribution in [0.3, 0.4) is 0 Å². The van der Waals surface area contributed by atoms with Gasteiger partial charge in [0.25, 0.3) is 0 Å². The number of urea groups is 1. The maximum absolute atomic E-state index is 13.5. The molecule has 0 aliphatic carbocycles. The molecule has 0 fully saturated rings. The molecule has 2 amide bonds. The van der Waals surface area contributed by atoms with Crippen LogP contribution < -0.4 is 15.0 Å². The summed E-state index contributed by atoms with van der Waals surface area (Å²) in [4.78, 5) is 14.5. The smallest absolute Gasteiger partial charge is 0.326 e. The summed E-state index contributed by atoms with van der Waals surface area (Å²) in [6.07, 6.45) is 1.52. The molecule has 0 radical (unpaired) electrons. The second kappa shape index (κ2) is 6.69. The summed E-state index contributed by atoms with van der Waals surface area (Å²) in [5.41, 5.74) is 2.06. The molecule has 1 aliphatic rings.